The number of amides is 3. The summed E-state index contributed by atoms with van der Waals surface area (Å²) in [5.41, 5.74) is 0.196. The van der Waals surface area contributed by atoms with E-state index >= 15 is 0 Å². The Kier molecular flexibility index (Phi) is 4.88. The van der Waals surface area contributed by atoms with Crippen molar-refractivity contribution in [3.8, 4) is 11.1 Å². The van der Waals surface area contributed by atoms with Crippen LogP contribution < -0.4 is 15.4 Å². The minimum atomic E-state index is -3.95. The Labute approximate surface area is 173 Å². The number of urea groups is 1. The summed E-state index contributed by atoms with van der Waals surface area (Å²) in [6.45, 7) is -0.391. The molecule has 3 N–H and O–H groups in total. The number of sulfonamides is 1. The quantitative estimate of drug-likeness (QED) is 0.511. The zero-order valence-corrected chi connectivity index (χ0v) is 16.8. The van der Waals surface area contributed by atoms with Crippen molar-refractivity contribution in [1.29, 1.82) is 0 Å². The lowest BCUT2D eigenvalue weighted by Crippen LogP contribution is -2.53. The van der Waals surface area contributed by atoms with Crippen LogP contribution in [0.25, 0.3) is 11.1 Å². The molecule has 1 fully saturated rings. The van der Waals surface area contributed by atoms with Crippen molar-refractivity contribution in [2.45, 2.75) is 10.4 Å². The van der Waals surface area contributed by atoms with Crippen LogP contribution in [-0.4, -0.2) is 36.5 Å². The van der Waals surface area contributed by atoms with Gasteiger partial charge >= 0.3 is 6.03 Å². The number of aryl methyl sites for hydroxylation is 1. The van der Waals surface area contributed by atoms with Crippen LogP contribution in [0.3, 0.4) is 0 Å². The minimum absolute atomic E-state index is 0.0434. The Hall–Kier alpha value is -3.50. The van der Waals surface area contributed by atoms with Crippen molar-refractivity contribution in [1.82, 2.24) is 24.9 Å². The first-order valence-corrected chi connectivity index (χ1v) is 10.6. The first-order valence-electron chi connectivity index (χ1n) is 9.08. The van der Waals surface area contributed by atoms with E-state index < -0.39 is 34.0 Å². The molecule has 30 heavy (non-hydrogen) atoms. The van der Waals surface area contributed by atoms with Gasteiger partial charge in [0, 0.05) is 19.4 Å². The van der Waals surface area contributed by atoms with Gasteiger partial charge in [0.1, 0.15) is 5.82 Å². The highest BCUT2D eigenvalue weighted by atomic mass is 32.2. The molecule has 2 heterocycles. The molecule has 10 heteroatoms. The standard InChI is InChI=1S/C20H19N5O4S/c1-25-12-11-21-17(25)20(18(26)23-19(27)24-20)13-22-30(28,29)16-9-7-15(8-10-16)14-5-3-2-4-6-14/h2-12,22H,13H2,1H3,(H2,23,24,26,27). The summed E-state index contributed by atoms with van der Waals surface area (Å²) in [7, 11) is -2.30. The van der Waals surface area contributed by atoms with E-state index in [-0.39, 0.29) is 10.7 Å². The lowest BCUT2D eigenvalue weighted by atomic mass is 9.99. The average molecular weight is 425 g/mol. The van der Waals surface area contributed by atoms with Crippen molar-refractivity contribution in [2.75, 3.05) is 6.54 Å². The molecule has 0 bridgehead atoms. The van der Waals surface area contributed by atoms with Gasteiger partial charge in [-0.05, 0) is 23.3 Å². The number of nitrogens with one attached hydrogen (secondary N) is 3. The number of aromatic nitrogens is 2. The topological polar surface area (TPSA) is 122 Å². The Morgan fingerprint density at radius 1 is 1.03 bits per heavy atom. The fourth-order valence-corrected chi connectivity index (χ4v) is 4.44. The van der Waals surface area contributed by atoms with E-state index in [0.717, 1.165) is 11.1 Å². The first-order chi connectivity index (χ1) is 14.3. The summed E-state index contributed by atoms with van der Waals surface area (Å²) >= 11 is 0. The van der Waals surface area contributed by atoms with E-state index in [1.54, 1.807) is 29.9 Å². The summed E-state index contributed by atoms with van der Waals surface area (Å²) in [4.78, 5) is 28.5. The molecule has 1 saturated heterocycles. The first kappa shape index (κ1) is 19.8. The van der Waals surface area contributed by atoms with Gasteiger partial charge in [0.05, 0.1) is 11.4 Å². The summed E-state index contributed by atoms with van der Waals surface area (Å²) in [5, 5.41) is 4.65. The Balaban J connectivity index is 1.59. The van der Waals surface area contributed by atoms with Crippen LogP contribution in [0.2, 0.25) is 0 Å². The largest absolute Gasteiger partial charge is 0.336 e. The number of imidazole rings is 1. The van der Waals surface area contributed by atoms with Crippen LogP contribution in [0, 0.1) is 0 Å². The number of nitrogens with zero attached hydrogens (tertiary/aromatic N) is 2. The van der Waals surface area contributed by atoms with Gasteiger partial charge in [0.25, 0.3) is 5.91 Å². The molecule has 1 aliphatic heterocycles. The molecule has 2 aromatic carbocycles. The van der Waals surface area contributed by atoms with Gasteiger partial charge in [-0.25, -0.2) is 22.9 Å². The van der Waals surface area contributed by atoms with Crippen molar-refractivity contribution in [3.63, 3.8) is 0 Å². The molecule has 0 spiro atoms. The molecule has 9 nitrogen and oxygen atoms in total. The molecular weight excluding hydrogens is 406 g/mol. The van der Waals surface area contributed by atoms with E-state index in [4.69, 9.17) is 0 Å². The lowest BCUT2D eigenvalue weighted by Gasteiger charge is -2.25. The van der Waals surface area contributed by atoms with Gasteiger partial charge in [-0.15, -0.1) is 0 Å². The van der Waals surface area contributed by atoms with Gasteiger partial charge < -0.3 is 9.88 Å². The van der Waals surface area contributed by atoms with E-state index in [9.17, 15) is 18.0 Å². The van der Waals surface area contributed by atoms with Crippen LogP contribution >= 0.6 is 0 Å². The highest BCUT2D eigenvalue weighted by Crippen LogP contribution is 2.24. The van der Waals surface area contributed by atoms with Gasteiger partial charge in [-0.1, -0.05) is 42.5 Å². The molecule has 1 aliphatic rings. The third-order valence-corrected chi connectivity index (χ3v) is 6.36. The van der Waals surface area contributed by atoms with Crippen LogP contribution in [0.1, 0.15) is 5.82 Å². The Morgan fingerprint density at radius 2 is 1.70 bits per heavy atom. The van der Waals surface area contributed by atoms with Crippen molar-refractivity contribution >= 4 is 22.0 Å². The molecule has 3 amide bonds. The highest BCUT2D eigenvalue weighted by Gasteiger charge is 2.51. The molecule has 1 aromatic heterocycles. The summed E-state index contributed by atoms with van der Waals surface area (Å²) in [6.07, 6.45) is 3.07. The second-order valence-electron chi connectivity index (χ2n) is 6.89. The predicted molar refractivity (Wildman–Crippen MR) is 109 cm³/mol. The van der Waals surface area contributed by atoms with Gasteiger partial charge in [-0.3, -0.25) is 10.1 Å². The number of hydrogen-bond acceptors (Lipinski definition) is 5. The fourth-order valence-electron chi connectivity index (χ4n) is 3.37. The van der Waals surface area contributed by atoms with Crippen LogP contribution in [0.5, 0.6) is 0 Å². The van der Waals surface area contributed by atoms with Gasteiger partial charge in [0.2, 0.25) is 10.0 Å². The van der Waals surface area contributed by atoms with Crippen LogP contribution in [-0.2, 0) is 27.4 Å². The fraction of sp³-hybridized carbons (Fsp3) is 0.150. The molecular formula is C20H19N5O4S. The zero-order valence-electron chi connectivity index (χ0n) is 16.0. The number of benzene rings is 2. The highest BCUT2D eigenvalue weighted by molar-refractivity contribution is 7.89. The van der Waals surface area contributed by atoms with Gasteiger partial charge in [-0.2, -0.15) is 0 Å². The summed E-state index contributed by atoms with van der Waals surface area (Å²) < 4.78 is 29.7. The third-order valence-electron chi connectivity index (χ3n) is 4.94. The summed E-state index contributed by atoms with van der Waals surface area (Å²) in [6, 6.07) is 15.3. The Morgan fingerprint density at radius 3 is 2.27 bits per heavy atom. The second-order valence-corrected chi connectivity index (χ2v) is 8.66. The number of carbonyl (C=O) groups is 2. The number of imide groups is 1. The maximum absolute atomic E-state index is 12.8. The Bertz CT molecular complexity index is 1210. The smallest absolute Gasteiger partial charge is 0.322 e. The predicted octanol–water partition coefficient (Wildman–Crippen LogP) is 1.10. The monoisotopic (exact) mass is 425 g/mol. The molecule has 0 radical (unpaired) electrons. The van der Waals surface area contributed by atoms with E-state index in [0.29, 0.717) is 0 Å². The average Bonchev–Trinajstić information content (AvgIpc) is 3.30. The molecule has 3 aromatic rings. The molecule has 1 atom stereocenters. The summed E-state index contributed by atoms with van der Waals surface area (Å²) in [5.74, 6) is -0.461. The molecule has 1 unspecified atom stereocenters. The normalized spacial score (nSPS) is 18.8. The van der Waals surface area contributed by atoms with E-state index in [1.165, 1.54) is 18.3 Å². The van der Waals surface area contributed by atoms with Crippen molar-refractivity contribution in [2.24, 2.45) is 7.05 Å². The maximum Gasteiger partial charge on any atom is 0.322 e. The number of carbonyl (C=O) groups excluding carboxylic acids is 2. The molecule has 0 saturated carbocycles. The zero-order chi connectivity index (χ0) is 21.4. The van der Waals surface area contributed by atoms with Gasteiger partial charge in [0.15, 0.2) is 5.54 Å². The number of rotatable bonds is 6. The van der Waals surface area contributed by atoms with E-state index in [2.05, 4.69) is 20.3 Å². The third kappa shape index (κ3) is 3.46. The van der Waals surface area contributed by atoms with Crippen LogP contribution in [0.15, 0.2) is 71.9 Å². The SMILES string of the molecule is Cn1ccnc1C1(CNS(=O)(=O)c2ccc(-c3ccccc3)cc2)NC(=O)NC1=O. The van der Waals surface area contributed by atoms with Crippen molar-refractivity contribution in [3.05, 3.63) is 72.8 Å². The minimum Gasteiger partial charge on any atom is -0.336 e. The molecule has 154 valence electrons. The molecule has 0 aliphatic carbocycles. The molecule has 4 rings (SSSR count). The maximum atomic E-state index is 12.8. The lowest BCUT2D eigenvalue weighted by molar-refractivity contribution is -0.124. The van der Waals surface area contributed by atoms with Crippen molar-refractivity contribution < 1.29 is 18.0 Å². The second kappa shape index (κ2) is 7.39. The van der Waals surface area contributed by atoms with E-state index in [1.807, 2.05) is 30.3 Å². The number of hydrogen-bond donors (Lipinski definition) is 3. The van der Waals surface area contributed by atoms with Crippen LogP contribution in [0.4, 0.5) is 4.79 Å².